The highest BCUT2D eigenvalue weighted by atomic mass is 32.2. The first kappa shape index (κ1) is 21.0. The summed E-state index contributed by atoms with van der Waals surface area (Å²) in [5, 5.41) is 4.52. The molecule has 0 unspecified atom stereocenters. The van der Waals surface area contributed by atoms with E-state index in [-0.39, 0.29) is 17.3 Å². The monoisotopic (exact) mass is 436 g/mol. The van der Waals surface area contributed by atoms with Crippen molar-refractivity contribution in [3.63, 3.8) is 0 Å². The number of pyridine rings is 2. The molecule has 0 fully saturated rings. The second kappa shape index (κ2) is 9.30. The Balaban J connectivity index is 1.32. The predicted octanol–water partition coefficient (Wildman–Crippen LogP) is 3.50. The van der Waals surface area contributed by atoms with Crippen LogP contribution in [0, 0.1) is 5.82 Å². The van der Waals surface area contributed by atoms with E-state index in [1.54, 1.807) is 55.1 Å². The molecule has 0 radical (unpaired) electrons. The fourth-order valence-corrected chi connectivity index (χ4v) is 4.60. The van der Waals surface area contributed by atoms with Crippen LogP contribution in [0.4, 0.5) is 4.39 Å². The first-order valence-electron chi connectivity index (χ1n) is 9.76. The van der Waals surface area contributed by atoms with E-state index in [1.165, 1.54) is 6.07 Å². The molecule has 2 N–H and O–H groups in total. The zero-order valence-electron chi connectivity index (χ0n) is 16.6. The molecule has 4 rings (SSSR count). The maximum Gasteiger partial charge on any atom is 0.241 e. The van der Waals surface area contributed by atoms with Gasteiger partial charge in [-0.15, -0.1) is 0 Å². The van der Waals surface area contributed by atoms with Crippen molar-refractivity contribution in [3.8, 4) is 11.1 Å². The number of nitrogens with zero attached hydrogens (tertiary/aromatic N) is 2. The van der Waals surface area contributed by atoms with Crippen molar-refractivity contribution < 1.29 is 12.8 Å². The molecule has 0 spiro atoms. The summed E-state index contributed by atoms with van der Waals surface area (Å²) in [6, 6.07) is 15.4. The van der Waals surface area contributed by atoms with Gasteiger partial charge in [0.1, 0.15) is 5.82 Å². The second-order valence-corrected chi connectivity index (χ2v) is 8.72. The minimum atomic E-state index is -3.66. The molecule has 4 aromatic rings. The van der Waals surface area contributed by atoms with Crippen LogP contribution in [0.2, 0.25) is 0 Å². The van der Waals surface area contributed by atoms with Crippen LogP contribution < -0.4 is 10.0 Å². The third kappa shape index (κ3) is 4.93. The lowest BCUT2D eigenvalue weighted by atomic mass is 10.0. The van der Waals surface area contributed by atoms with Gasteiger partial charge in [0, 0.05) is 66.3 Å². The largest absolute Gasteiger partial charge is 0.311 e. The third-order valence-electron chi connectivity index (χ3n) is 4.86. The van der Waals surface area contributed by atoms with Gasteiger partial charge in [0.25, 0.3) is 0 Å². The number of rotatable bonds is 8. The number of sulfonamides is 1. The maximum absolute atomic E-state index is 14.4. The van der Waals surface area contributed by atoms with E-state index in [4.69, 9.17) is 0 Å². The molecule has 6 nitrogen and oxygen atoms in total. The molecule has 0 aliphatic rings. The molecule has 158 valence electrons. The Morgan fingerprint density at radius 1 is 0.903 bits per heavy atom. The van der Waals surface area contributed by atoms with Crippen molar-refractivity contribution in [1.29, 1.82) is 0 Å². The second-order valence-electron chi connectivity index (χ2n) is 6.98. The Hall–Kier alpha value is -3.20. The van der Waals surface area contributed by atoms with E-state index in [9.17, 15) is 12.8 Å². The molecule has 0 aliphatic heterocycles. The summed E-state index contributed by atoms with van der Waals surface area (Å²) in [5.41, 5.74) is 1.99. The summed E-state index contributed by atoms with van der Waals surface area (Å²) >= 11 is 0. The van der Waals surface area contributed by atoms with Gasteiger partial charge < -0.3 is 5.32 Å². The molecule has 0 amide bonds. The van der Waals surface area contributed by atoms with Crippen molar-refractivity contribution in [3.05, 3.63) is 90.8 Å². The molecule has 0 saturated carbocycles. The number of fused-ring (bicyclic) bond motifs is 1. The van der Waals surface area contributed by atoms with Crippen LogP contribution in [-0.4, -0.2) is 31.5 Å². The van der Waals surface area contributed by atoms with Crippen molar-refractivity contribution in [2.45, 2.75) is 11.4 Å². The van der Waals surface area contributed by atoms with Gasteiger partial charge >= 0.3 is 0 Å². The summed E-state index contributed by atoms with van der Waals surface area (Å²) in [5.74, 6) is -0.321. The molecule has 0 bridgehead atoms. The minimum absolute atomic E-state index is 0.208. The Labute approximate surface area is 180 Å². The van der Waals surface area contributed by atoms with E-state index in [0.29, 0.717) is 24.0 Å². The first-order chi connectivity index (χ1) is 15.0. The Bertz CT molecular complexity index is 1290. The highest BCUT2D eigenvalue weighted by Gasteiger charge is 2.16. The van der Waals surface area contributed by atoms with E-state index in [1.807, 2.05) is 18.2 Å². The van der Waals surface area contributed by atoms with E-state index < -0.39 is 10.0 Å². The van der Waals surface area contributed by atoms with Crippen LogP contribution in [0.1, 0.15) is 5.56 Å². The van der Waals surface area contributed by atoms with Gasteiger partial charge in [0.05, 0.1) is 4.90 Å². The number of aromatic nitrogens is 2. The lowest BCUT2D eigenvalue weighted by Crippen LogP contribution is -2.31. The van der Waals surface area contributed by atoms with Crippen LogP contribution >= 0.6 is 0 Å². The van der Waals surface area contributed by atoms with Crippen LogP contribution in [0.15, 0.2) is 84.3 Å². The first-order valence-corrected chi connectivity index (χ1v) is 11.2. The molecule has 31 heavy (non-hydrogen) atoms. The van der Waals surface area contributed by atoms with Gasteiger partial charge in [-0.25, -0.2) is 17.5 Å². The van der Waals surface area contributed by atoms with Crippen molar-refractivity contribution in [2.75, 3.05) is 13.1 Å². The van der Waals surface area contributed by atoms with Gasteiger partial charge in [-0.05, 0) is 29.8 Å². The van der Waals surface area contributed by atoms with Crippen molar-refractivity contribution >= 4 is 20.8 Å². The predicted molar refractivity (Wildman–Crippen MR) is 118 cm³/mol. The number of hydrogen-bond donors (Lipinski definition) is 2. The average molecular weight is 437 g/mol. The van der Waals surface area contributed by atoms with E-state index in [2.05, 4.69) is 20.0 Å². The van der Waals surface area contributed by atoms with Crippen LogP contribution in [-0.2, 0) is 16.6 Å². The van der Waals surface area contributed by atoms with Gasteiger partial charge in [-0.1, -0.05) is 30.3 Å². The smallest absolute Gasteiger partial charge is 0.241 e. The summed E-state index contributed by atoms with van der Waals surface area (Å²) in [4.78, 5) is 8.26. The quantitative estimate of drug-likeness (QED) is 0.413. The number of nitrogens with one attached hydrogen (secondary N) is 2. The maximum atomic E-state index is 14.4. The fourth-order valence-electron chi connectivity index (χ4n) is 3.34. The average Bonchev–Trinajstić information content (AvgIpc) is 2.79. The van der Waals surface area contributed by atoms with E-state index in [0.717, 1.165) is 16.5 Å². The normalized spacial score (nSPS) is 11.6. The van der Waals surface area contributed by atoms with E-state index >= 15 is 0 Å². The number of hydrogen-bond acceptors (Lipinski definition) is 5. The van der Waals surface area contributed by atoms with Gasteiger partial charge in [0.2, 0.25) is 10.0 Å². The van der Waals surface area contributed by atoms with Gasteiger partial charge in [-0.3, -0.25) is 9.97 Å². The standard InChI is InChI=1S/C23H21FN4O2S/c24-22-13-17(6-7-20(22)18-4-2-9-25-15-18)14-27-11-12-28-31(29,30)23-5-1-3-19-16-26-10-8-21(19)23/h1-10,13,15-16,27-28H,11-12,14H2. The zero-order chi connectivity index (χ0) is 21.7. The SMILES string of the molecule is O=S(=O)(NCCNCc1ccc(-c2cccnc2)c(F)c1)c1cccc2cnccc12. The summed E-state index contributed by atoms with van der Waals surface area (Å²) in [6.45, 7) is 1.03. The highest BCUT2D eigenvalue weighted by Crippen LogP contribution is 2.23. The topological polar surface area (TPSA) is 84.0 Å². The van der Waals surface area contributed by atoms with Crippen LogP contribution in [0.5, 0.6) is 0 Å². The molecular weight excluding hydrogens is 415 g/mol. The molecule has 2 aromatic heterocycles. The molecule has 2 heterocycles. The summed E-state index contributed by atoms with van der Waals surface area (Å²) < 4.78 is 42.4. The Morgan fingerprint density at radius 2 is 1.77 bits per heavy atom. The molecule has 0 saturated heterocycles. The summed E-state index contributed by atoms with van der Waals surface area (Å²) in [6.07, 6.45) is 6.47. The fraction of sp³-hybridized carbons (Fsp3) is 0.130. The van der Waals surface area contributed by atoms with Crippen LogP contribution in [0.3, 0.4) is 0 Å². The van der Waals surface area contributed by atoms with Crippen molar-refractivity contribution in [1.82, 2.24) is 20.0 Å². The molecule has 8 heteroatoms. The third-order valence-corrected chi connectivity index (χ3v) is 6.38. The number of halogens is 1. The van der Waals surface area contributed by atoms with Crippen LogP contribution in [0.25, 0.3) is 21.9 Å². The van der Waals surface area contributed by atoms with Crippen molar-refractivity contribution in [2.24, 2.45) is 0 Å². The summed E-state index contributed by atoms with van der Waals surface area (Å²) in [7, 11) is -3.66. The Morgan fingerprint density at radius 3 is 2.58 bits per heavy atom. The van der Waals surface area contributed by atoms with Gasteiger partial charge in [0.15, 0.2) is 0 Å². The molecular formula is C23H21FN4O2S. The molecule has 0 atom stereocenters. The molecule has 2 aromatic carbocycles. The minimum Gasteiger partial charge on any atom is -0.311 e. The highest BCUT2D eigenvalue weighted by molar-refractivity contribution is 7.89. The number of benzene rings is 2. The molecule has 0 aliphatic carbocycles. The lowest BCUT2D eigenvalue weighted by Gasteiger charge is -2.11. The Kier molecular flexibility index (Phi) is 6.31. The zero-order valence-corrected chi connectivity index (χ0v) is 17.4. The lowest BCUT2D eigenvalue weighted by molar-refractivity contribution is 0.576. The van der Waals surface area contributed by atoms with Gasteiger partial charge in [-0.2, -0.15) is 0 Å².